The van der Waals surface area contributed by atoms with Gasteiger partial charge < -0.3 is 10.1 Å². The molecule has 0 spiro atoms. The third kappa shape index (κ3) is 6.63. The van der Waals surface area contributed by atoms with Crippen molar-refractivity contribution in [2.24, 2.45) is 0 Å². The zero-order valence-corrected chi connectivity index (χ0v) is 14.1. The van der Waals surface area contributed by atoms with E-state index in [1.54, 1.807) is 12.1 Å². The Bertz CT molecular complexity index is 536. The summed E-state index contributed by atoms with van der Waals surface area (Å²) in [6.07, 6.45) is 3.38. The van der Waals surface area contributed by atoms with E-state index in [4.69, 9.17) is 0 Å². The maximum absolute atomic E-state index is 12.5. The SMILES string of the molecule is CCCCC(NC(C)=O)C(=O)c1ccc(CCC(=O)OC)cc1. The van der Waals surface area contributed by atoms with Gasteiger partial charge in [0.1, 0.15) is 0 Å². The Morgan fingerprint density at radius 2 is 1.83 bits per heavy atom. The molecular weight excluding hydrogens is 294 g/mol. The van der Waals surface area contributed by atoms with Crippen LogP contribution in [0.2, 0.25) is 0 Å². The molecule has 0 aromatic heterocycles. The predicted octanol–water partition coefficient (Wildman–Crippen LogP) is 2.67. The first-order valence-electron chi connectivity index (χ1n) is 7.95. The first kappa shape index (κ1) is 18.9. The summed E-state index contributed by atoms with van der Waals surface area (Å²) in [4.78, 5) is 34.9. The molecule has 0 bridgehead atoms. The highest BCUT2D eigenvalue weighted by molar-refractivity contribution is 6.01. The van der Waals surface area contributed by atoms with Crippen LogP contribution in [0.25, 0.3) is 0 Å². The largest absolute Gasteiger partial charge is 0.469 e. The Labute approximate surface area is 137 Å². The normalized spacial score (nSPS) is 11.6. The summed E-state index contributed by atoms with van der Waals surface area (Å²) in [5.41, 5.74) is 1.54. The van der Waals surface area contributed by atoms with Crippen molar-refractivity contribution in [2.45, 2.75) is 52.0 Å². The van der Waals surface area contributed by atoms with E-state index in [2.05, 4.69) is 10.1 Å². The number of esters is 1. The summed E-state index contributed by atoms with van der Waals surface area (Å²) in [5, 5.41) is 2.73. The summed E-state index contributed by atoms with van der Waals surface area (Å²) in [5.74, 6) is -0.530. The summed E-state index contributed by atoms with van der Waals surface area (Å²) in [7, 11) is 1.36. The highest BCUT2D eigenvalue weighted by Crippen LogP contribution is 2.12. The predicted molar refractivity (Wildman–Crippen MR) is 88.2 cm³/mol. The number of hydrogen-bond acceptors (Lipinski definition) is 4. The molecular formula is C18H25NO4. The van der Waals surface area contributed by atoms with Gasteiger partial charge in [-0.15, -0.1) is 0 Å². The van der Waals surface area contributed by atoms with Crippen LogP contribution in [-0.4, -0.2) is 30.8 Å². The van der Waals surface area contributed by atoms with E-state index < -0.39 is 6.04 Å². The van der Waals surface area contributed by atoms with Crippen molar-refractivity contribution in [2.75, 3.05) is 7.11 Å². The average Bonchev–Trinajstić information content (AvgIpc) is 2.55. The number of carbonyl (C=O) groups excluding carboxylic acids is 3. The van der Waals surface area contributed by atoms with Gasteiger partial charge >= 0.3 is 5.97 Å². The molecule has 1 aromatic carbocycles. The van der Waals surface area contributed by atoms with Crippen molar-refractivity contribution in [3.63, 3.8) is 0 Å². The van der Waals surface area contributed by atoms with Gasteiger partial charge in [-0.1, -0.05) is 44.0 Å². The number of benzene rings is 1. The van der Waals surface area contributed by atoms with Gasteiger partial charge in [0.05, 0.1) is 13.2 Å². The van der Waals surface area contributed by atoms with Gasteiger partial charge in [-0.25, -0.2) is 0 Å². The number of ether oxygens (including phenoxy) is 1. The Hall–Kier alpha value is -2.17. The average molecular weight is 319 g/mol. The molecule has 1 atom stereocenters. The first-order chi connectivity index (χ1) is 11.0. The standard InChI is InChI=1S/C18H25NO4/c1-4-5-6-16(19-13(2)20)18(22)15-10-7-14(8-11-15)9-12-17(21)23-3/h7-8,10-11,16H,4-6,9,12H2,1-3H3,(H,19,20). The van der Waals surface area contributed by atoms with E-state index in [0.29, 0.717) is 24.8 Å². The van der Waals surface area contributed by atoms with Crippen LogP contribution in [0.15, 0.2) is 24.3 Å². The molecule has 1 amide bonds. The minimum atomic E-state index is -0.478. The number of amides is 1. The second-order valence-electron chi connectivity index (χ2n) is 5.53. The van der Waals surface area contributed by atoms with Crippen LogP contribution in [0.4, 0.5) is 0 Å². The lowest BCUT2D eigenvalue weighted by atomic mass is 9.97. The molecule has 1 rings (SSSR count). The van der Waals surface area contributed by atoms with Crippen LogP contribution < -0.4 is 5.32 Å². The summed E-state index contributed by atoms with van der Waals surface area (Å²) < 4.78 is 4.61. The molecule has 1 aromatic rings. The topological polar surface area (TPSA) is 72.5 Å². The molecule has 5 nitrogen and oxygen atoms in total. The van der Waals surface area contributed by atoms with E-state index in [9.17, 15) is 14.4 Å². The molecule has 23 heavy (non-hydrogen) atoms. The summed E-state index contributed by atoms with van der Waals surface area (Å²) in [6.45, 7) is 3.47. The zero-order valence-electron chi connectivity index (χ0n) is 14.1. The van der Waals surface area contributed by atoms with Gasteiger partial charge in [-0.3, -0.25) is 14.4 Å². The van der Waals surface area contributed by atoms with Crippen molar-refractivity contribution in [1.82, 2.24) is 5.32 Å². The molecule has 0 aliphatic rings. The number of aryl methyl sites for hydroxylation is 1. The van der Waals surface area contributed by atoms with Gasteiger partial charge in [-0.05, 0) is 18.4 Å². The van der Waals surface area contributed by atoms with Gasteiger partial charge in [0.15, 0.2) is 5.78 Å². The monoisotopic (exact) mass is 319 g/mol. The molecule has 1 N–H and O–H groups in total. The molecule has 0 aliphatic heterocycles. The fourth-order valence-electron chi connectivity index (χ4n) is 2.31. The molecule has 0 heterocycles. The Balaban J connectivity index is 2.73. The van der Waals surface area contributed by atoms with Crippen LogP contribution in [0.1, 0.15) is 55.5 Å². The quantitative estimate of drug-likeness (QED) is 0.561. The van der Waals surface area contributed by atoms with Crippen LogP contribution in [-0.2, 0) is 20.7 Å². The second-order valence-corrected chi connectivity index (χ2v) is 5.53. The first-order valence-corrected chi connectivity index (χ1v) is 7.95. The maximum Gasteiger partial charge on any atom is 0.305 e. The third-order valence-corrected chi connectivity index (χ3v) is 3.62. The molecule has 0 saturated carbocycles. The molecule has 126 valence electrons. The molecule has 0 fully saturated rings. The Morgan fingerprint density at radius 3 is 2.35 bits per heavy atom. The van der Waals surface area contributed by atoms with Gasteiger partial charge in [0, 0.05) is 18.9 Å². The molecule has 0 aliphatic carbocycles. The number of hydrogen-bond donors (Lipinski definition) is 1. The third-order valence-electron chi connectivity index (χ3n) is 3.62. The van der Waals surface area contributed by atoms with Crippen molar-refractivity contribution in [3.8, 4) is 0 Å². The van der Waals surface area contributed by atoms with Crippen LogP contribution in [0, 0.1) is 0 Å². The van der Waals surface area contributed by atoms with E-state index in [1.807, 2.05) is 19.1 Å². The number of nitrogens with one attached hydrogen (secondary N) is 1. The van der Waals surface area contributed by atoms with Crippen LogP contribution >= 0.6 is 0 Å². The number of Topliss-reactive ketones (excluding diaryl/α,β-unsaturated/α-hetero) is 1. The lowest BCUT2D eigenvalue weighted by Crippen LogP contribution is -2.39. The van der Waals surface area contributed by atoms with E-state index in [1.165, 1.54) is 14.0 Å². The Kier molecular flexibility index (Phi) is 8.02. The second kappa shape index (κ2) is 9.77. The lowest BCUT2D eigenvalue weighted by molar-refractivity contribution is -0.140. The van der Waals surface area contributed by atoms with Gasteiger partial charge in [0.2, 0.25) is 5.91 Å². The fraction of sp³-hybridized carbons (Fsp3) is 0.500. The van der Waals surface area contributed by atoms with Crippen molar-refractivity contribution >= 4 is 17.7 Å². The number of ketones is 1. The van der Waals surface area contributed by atoms with Crippen LogP contribution in [0.5, 0.6) is 0 Å². The molecule has 0 radical (unpaired) electrons. The Morgan fingerprint density at radius 1 is 1.17 bits per heavy atom. The smallest absolute Gasteiger partial charge is 0.305 e. The van der Waals surface area contributed by atoms with Gasteiger partial charge in [-0.2, -0.15) is 0 Å². The highest BCUT2D eigenvalue weighted by atomic mass is 16.5. The maximum atomic E-state index is 12.5. The van der Waals surface area contributed by atoms with Crippen molar-refractivity contribution < 1.29 is 19.1 Å². The van der Waals surface area contributed by atoms with E-state index >= 15 is 0 Å². The molecule has 0 saturated heterocycles. The summed E-state index contributed by atoms with van der Waals surface area (Å²) >= 11 is 0. The van der Waals surface area contributed by atoms with Crippen molar-refractivity contribution in [1.29, 1.82) is 0 Å². The van der Waals surface area contributed by atoms with E-state index in [0.717, 1.165) is 18.4 Å². The fourth-order valence-corrected chi connectivity index (χ4v) is 2.31. The minimum absolute atomic E-state index is 0.0758. The number of unbranched alkanes of at least 4 members (excludes halogenated alkanes) is 1. The summed E-state index contributed by atoms with van der Waals surface area (Å²) in [6, 6.07) is 6.68. The van der Waals surface area contributed by atoms with Crippen molar-refractivity contribution in [3.05, 3.63) is 35.4 Å². The highest BCUT2D eigenvalue weighted by Gasteiger charge is 2.20. The van der Waals surface area contributed by atoms with E-state index in [-0.39, 0.29) is 17.7 Å². The minimum Gasteiger partial charge on any atom is -0.469 e. The molecule has 5 heteroatoms. The number of rotatable bonds is 9. The lowest BCUT2D eigenvalue weighted by Gasteiger charge is -2.16. The van der Waals surface area contributed by atoms with Crippen LogP contribution in [0.3, 0.4) is 0 Å². The molecule has 1 unspecified atom stereocenters. The zero-order chi connectivity index (χ0) is 17.2. The number of carbonyl (C=O) groups is 3. The van der Waals surface area contributed by atoms with Gasteiger partial charge in [0.25, 0.3) is 0 Å². The number of methoxy groups -OCH3 is 1.